The Balaban J connectivity index is 1.54. The number of hydrogen-bond acceptors (Lipinski definition) is 9. The Bertz CT molecular complexity index is 1030. The molecule has 0 unspecified atom stereocenters. The maximum Gasteiger partial charge on any atom is 0.323 e. The van der Waals surface area contributed by atoms with Gasteiger partial charge in [-0.15, -0.1) is 0 Å². The first-order chi connectivity index (χ1) is 16.3. The summed E-state index contributed by atoms with van der Waals surface area (Å²) >= 11 is 0. The van der Waals surface area contributed by atoms with Crippen LogP contribution in [0.1, 0.15) is 32.6 Å². The van der Waals surface area contributed by atoms with Gasteiger partial charge in [0.15, 0.2) is 5.96 Å². The molecule has 0 aliphatic carbocycles. The molecule has 0 saturated carbocycles. The summed E-state index contributed by atoms with van der Waals surface area (Å²) in [6.45, 7) is 3.25. The molecule has 4 N–H and O–H groups in total. The zero-order valence-corrected chi connectivity index (χ0v) is 19.8. The van der Waals surface area contributed by atoms with Crippen molar-refractivity contribution in [2.75, 3.05) is 26.2 Å². The number of aliphatic imine (C=N–C) groups is 1. The summed E-state index contributed by atoms with van der Waals surface area (Å²) in [5, 5.41) is 20.0. The lowest BCUT2D eigenvalue weighted by atomic mass is 10.1. The van der Waals surface area contributed by atoms with Crippen molar-refractivity contribution in [2.45, 2.75) is 49.8 Å². The number of carboxylic acids is 1. The van der Waals surface area contributed by atoms with Crippen LogP contribution in [0.15, 0.2) is 45.4 Å². The summed E-state index contributed by atoms with van der Waals surface area (Å²) in [6, 6.07) is 5.87. The molecule has 0 spiro atoms. The molecule has 2 heterocycles. The predicted octanol–water partition coefficient (Wildman–Crippen LogP) is 0.0881. The van der Waals surface area contributed by atoms with Gasteiger partial charge in [-0.2, -0.15) is 4.72 Å². The van der Waals surface area contributed by atoms with Crippen molar-refractivity contribution < 1.29 is 28.0 Å². The molecule has 1 amide bonds. The molecular formula is C21H30N6O6S. The number of nitrogens with zero attached hydrogens (tertiary/aromatic N) is 3. The van der Waals surface area contributed by atoms with Gasteiger partial charge in [0.1, 0.15) is 6.04 Å². The molecule has 0 saturated heterocycles. The van der Waals surface area contributed by atoms with Gasteiger partial charge in [0.25, 0.3) is 0 Å². The number of carbonyl (C=O) groups is 2. The van der Waals surface area contributed by atoms with E-state index in [1.54, 1.807) is 6.07 Å². The van der Waals surface area contributed by atoms with Gasteiger partial charge in [-0.05, 0) is 31.4 Å². The van der Waals surface area contributed by atoms with Crippen LogP contribution in [0.5, 0.6) is 0 Å². The number of guanidine groups is 1. The van der Waals surface area contributed by atoms with Crippen molar-refractivity contribution >= 4 is 33.6 Å². The van der Waals surface area contributed by atoms with Crippen molar-refractivity contribution in [2.24, 2.45) is 10.1 Å². The van der Waals surface area contributed by atoms with Crippen LogP contribution in [0.25, 0.3) is 0 Å². The number of nitrogens with one attached hydrogen (secondary N) is 3. The second-order valence-electron chi connectivity index (χ2n) is 7.96. The van der Waals surface area contributed by atoms with E-state index in [0.29, 0.717) is 19.4 Å². The largest absolute Gasteiger partial charge is 0.480 e. The van der Waals surface area contributed by atoms with E-state index in [4.69, 9.17) is 4.84 Å². The highest BCUT2D eigenvalue weighted by atomic mass is 32.2. The topological polar surface area (TPSA) is 162 Å². The summed E-state index contributed by atoms with van der Waals surface area (Å²) in [5.41, 5.74) is 0.744. The monoisotopic (exact) mass is 494 g/mol. The van der Waals surface area contributed by atoms with E-state index in [0.717, 1.165) is 37.6 Å². The second-order valence-corrected chi connectivity index (χ2v) is 9.67. The average molecular weight is 495 g/mol. The van der Waals surface area contributed by atoms with E-state index < -0.39 is 40.7 Å². The summed E-state index contributed by atoms with van der Waals surface area (Å²) in [4.78, 5) is 34.9. The molecule has 0 radical (unpaired) electrons. The molecule has 2 aliphatic rings. The minimum absolute atomic E-state index is 0.0682. The zero-order valence-electron chi connectivity index (χ0n) is 18.9. The first-order valence-corrected chi connectivity index (χ1v) is 12.6. The Morgan fingerprint density at radius 2 is 2.09 bits per heavy atom. The molecule has 1 aromatic carbocycles. The van der Waals surface area contributed by atoms with Gasteiger partial charge in [0.2, 0.25) is 22.2 Å². The Kier molecular flexibility index (Phi) is 8.82. The Hall–Kier alpha value is -3.19. The third kappa shape index (κ3) is 7.15. The van der Waals surface area contributed by atoms with Gasteiger partial charge in [-0.25, -0.2) is 8.42 Å². The third-order valence-electron chi connectivity index (χ3n) is 5.33. The second kappa shape index (κ2) is 11.8. The molecule has 1 aromatic rings. The summed E-state index contributed by atoms with van der Waals surface area (Å²) in [6.07, 6.45) is 1.93. The number of aliphatic carboxylic acids is 1. The van der Waals surface area contributed by atoms with Gasteiger partial charge in [-0.1, -0.05) is 23.4 Å². The van der Waals surface area contributed by atoms with E-state index in [1.165, 1.54) is 36.1 Å². The van der Waals surface area contributed by atoms with Crippen molar-refractivity contribution in [3.05, 3.63) is 30.3 Å². The number of amides is 1. The number of benzene rings is 1. The molecule has 186 valence electrons. The van der Waals surface area contributed by atoms with Crippen LogP contribution in [-0.2, 0) is 24.4 Å². The van der Waals surface area contributed by atoms with Gasteiger partial charge in [0, 0.05) is 33.0 Å². The number of rotatable bonds is 11. The lowest BCUT2D eigenvalue weighted by Gasteiger charge is -2.28. The van der Waals surface area contributed by atoms with Crippen LogP contribution in [0.3, 0.4) is 0 Å². The molecule has 12 nitrogen and oxygen atoms in total. The van der Waals surface area contributed by atoms with Crippen molar-refractivity contribution in [1.82, 2.24) is 20.3 Å². The number of oxime groups is 1. The van der Waals surface area contributed by atoms with Gasteiger partial charge in [0.05, 0.1) is 17.2 Å². The lowest BCUT2D eigenvalue weighted by molar-refractivity contribution is -0.146. The maximum absolute atomic E-state index is 12.6. The van der Waals surface area contributed by atoms with E-state index >= 15 is 0 Å². The quantitative estimate of drug-likeness (QED) is 0.315. The number of sulfonamides is 1. The fraction of sp³-hybridized carbons (Fsp3) is 0.524. The Morgan fingerprint density at radius 1 is 1.32 bits per heavy atom. The van der Waals surface area contributed by atoms with Crippen LogP contribution in [-0.4, -0.2) is 80.4 Å². The van der Waals surface area contributed by atoms with Crippen molar-refractivity contribution in [3.8, 4) is 0 Å². The fourth-order valence-electron chi connectivity index (χ4n) is 3.54. The average Bonchev–Trinajstić information content (AvgIpc) is 3.28. The Morgan fingerprint density at radius 3 is 2.74 bits per heavy atom. The minimum Gasteiger partial charge on any atom is -0.480 e. The number of carboxylic acid groups (broad SMARTS) is 1. The molecular weight excluding hydrogens is 464 g/mol. The van der Waals surface area contributed by atoms with E-state index in [-0.39, 0.29) is 4.90 Å². The molecule has 3 rings (SSSR count). The third-order valence-corrected chi connectivity index (χ3v) is 6.81. The number of carbonyl (C=O) groups excluding carboxylic acids is 1. The maximum atomic E-state index is 12.6. The molecule has 2 aliphatic heterocycles. The predicted molar refractivity (Wildman–Crippen MR) is 125 cm³/mol. The SMILES string of the molecule is CC(=O)N(C[C@H](NS(=O)(=O)c1ccccc1)C(=O)O)[C@H]1CC(CCCNC2=NCCCN2)=NO1. The van der Waals surface area contributed by atoms with E-state index in [2.05, 4.69) is 25.5 Å². The first-order valence-electron chi connectivity index (χ1n) is 11.1. The van der Waals surface area contributed by atoms with Gasteiger partial charge >= 0.3 is 5.97 Å². The van der Waals surface area contributed by atoms with Crippen LogP contribution in [0.4, 0.5) is 0 Å². The highest BCUT2D eigenvalue weighted by Gasteiger charge is 2.34. The van der Waals surface area contributed by atoms with Crippen LogP contribution >= 0.6 is 0 Å². The first kappa shape index (κ1) is 25.4. The minimum atomic E-state index is -4.09. The van der Waals surface area contributed by atoms with Crippen molar-refractivity contribution in [3.63, 3.8) is 0 Å². The fourth-order valence-corrected chi connectivity index (χ4v) is 4.74. The van der Waals surface area contributed by atoms with E-state index in [9.17, 15) is 23.1 Å². The summed E-state index contributed by atoms with van der Waals surface area (Å²) < 4.78 is 27.3. The number of hydrogen-bond donors (Lipinski definition) is 4. The summed E-state index contributed by atoms with van der Waals surface area (Å²) in [5.74, 6) is -1.07. The van der Waals surface area contributed by atoms with Gasteiger partial charge < -0.3 is 25.5 Å². The van der Waals surface area contributed by atoms with Crippen LogP contribution < -0.4 is 15.4 Å². The van der Waals surface area contributed by atoms with Gasteiger partial charge in [-0.3, -0.25) is 14.6 Å². The molecule has 13 heteroatoms. The highest BCUT2D eigenvalue weighted by molar-refractivity contribution is 7.89. The van der Waals surface area contributed by atoms with Crippen LogP contribution in [0.2, 0.25) is 0 Å². The van der Waals surface area contributed by atoms with Crippen LogP contribution in [0, 0.1) is 0 Å². The molecule has 0 bridgehead atoms. The molecule has 2 atom stereocenters. The summed E-state index contributed by atoms with van der Waals surface area (Å²) in [7, 11) is -4.09. The molecule has 0 aromatic heterocycles. The Labute approximate surface area is 198 Å². The highest BCUT2D eigenvalue weighted by Crippen LogP contribution is 2.19. The van der Waals surface area contributed by atoms with E-state index in [1.807, 2.05) is 0 Å². The zero-order chi connectivity index (χ0) is 24.6. The molecule has 34 heavy (non-hydrogen) atoms. The van der Waals surface area contributed by atoms with Crippen molar-refractivity contribution in [1.29, 1.82) is 0 Å². The smallest absolute Gasteiger partial charge is 0.323 e. The normalized spacial score (nSPS) is 18.7. The standard InChI is InChI=1S/C21H30N6O6S/c1-15(28)27(14-18(20(29)30)26-34(31,32)17-8-3-2-4-9-17)19-13-16(25-33-19)7-5-10-22-21-23-11-6-12-24-21/h2-4,8-9,18-19,26H,5-7,10-14H2,1H3,(H,29,30)(H2,22,23,24)/t18-,19+/m0/s1. The lowest BCUT2D eigenvalue weighted by Crippen LogP contribution is -2.52. The molecule has 0 fully saturated rings.